The maximum atomic E-state index is 12.1. The number of nitrogens with one attached hydrogen (secondary N) is 2. The normalized spacial score (nSPS) is 12.4. The van der Waals surface area contributed by atoms with E-state index in [2.05, 4.69) is 10.3 Å². The molecule has 0 radical (unpaired) electrons. The number of anilines is 1. The zero-order valence-corrected chi connectivity index (χ0v) is 14.3. The lowest BCUT2D eigenvalue weighted by molar-refractivity contribution is -0.110. The number of aromatic nitrogens is 1. The second-order valence-electron chi connectivity index (χ2n) is 5.52. The van der Waals surface area contributed by atoms with Crippen LogP contribution < -0.4 is 20.1 Å². The fraction of sp³-hybridized carbons (Fsp3) is 0.0526. The number of thiazole rings is 1. The van der Waals surface area contributed by atoms with Crippen molar-refractivity contribution >= 4 is 35.1 Å². The smallest absolute Gasteiger partial charge is 0.266 e. The lowest BCUT2D eigenvalue weighted by Crippen LogP contribution is -2.20. The highest BCUT2D eigenvalue weighted by atomic mass is 32.1. The van der Waals surface area contributed by atoms with Crippen molar-refractivity contribution in [2.75, 3.05) is 5.32 Å². The maximum Gasteiger partial charge on any atom is 0.266 e. The average molecular weight is 352 g/mol. The molecule has 3 aromatic rings. The van der Waals surface area contributed by atoms with Gasteiger partial charge in [0.1, 0.15) is 10.4 Å². The van der Waals surface area contributed by atoms with Gasteiger partial charge < -0.3 is 15.4 Å². The van der Waals surface area contributed by atoms with E-state index in [0.717, 1.165) is 5.56 Å². The number of amides is 1. The summed E-state index contributed by atoms with van der Waals surface area (Å²) in [4.78, 5) is 26.7. The van der Waals surface area contributed by atoms with E-state index in [0.29, 0.717) is 20.4 Å². The first-order chi connectivity index (χ1) is 12.0. The Morgan fingerprint density at radius 1 is 1.20 bits per heavy atom. The van der Waals surface area contributed by atoms with E-state index in [9.17, 15) is 14.7 Å². The Morgan fingerprint density at radius 2 is 1.96 bits per heavy atom. The Hall–Kier alpha value is -3.12. The minimum absolute atomic E-state index is 0.131. The Morgan fingerprint density at radius 3 is 2.68 bits per heavy atom. The van der Waals surface area contributed by atoms with Crippen LogP contribution in [-0.4, -0.2) is 16.0 Å². The number of phenols is 1. The van der Waals surface area contributed by atoms with Gasteiger partial charge in [-0.15, -0.1) is 11.3 Å². The molecule has 1 heterocycles. The van der Waals surface area contributed by atoms with Gasteiger partial charge in [0, 0.05) is 11.8 Å². The predicted molar refractivity (Wildman–Crippen MR) is 100 cm³/mol. The molecule has 3 N–H and O–H groups in total. The van der Waals surface area contributed by atoms with Crippen molar-refractivity contribution in [3.63, 3.8) is 0 Å². The summed E-state index contributed by atoms with van der Waals surface area (Å²) < 4.78 is 0.918. The molecule has 0 bridgehead atoms. The number of aromatic amines is 1. The first-order valence-electron chi connectivity index (χ1n) is 7.59. The number of carbonyl (C=O) groups excluding carboxylic acids is 1. The van der Waals surface area contributed by atoms with Crippen LogP contribution in [0.4, 0.5) is 5.69 Å². The zero-order valence-electron chi connectivity index (χ0n) is 13.4. The van der Waals surface area contributed by atoms with Crippen LogP contribution in [0.3, 0.4) is 0 Å². The monoisotopic (exact) mass is 352 g/mol. The van der Waals surface area contributed by atoms with E-state index >= 15 is 0 Å². The maximum absolute atomic E-state index is 12.1. The van der Waals surface area contributed by atoms with E-state index in [4.69, 9.17) is 0 Å². The standard InChI is InChI=1S/C19H16N2O3S/c1-12-5-7-14(8-6-12)20-17(23)11-18-21-19(24)16(25-18)10-13-3-2-4-15(22)9-13/h2-11,22H,1H3,(H,20,23)(H,21,24). The minimum Gasteiger partial charge on any atom is -0.508 e. The van der Waals surface area contributed by atoms with Crippen molar-refractivity contribution in [3.05, 3.63) is 79.2 Å². The number of H-pyrrole nitrogens is 1. The van der Waals surface area contributed by atoms with Gasteiger partial charge in [0.25, 0.3) is 11.5 Å². The van der Waals surface area contributed by atoms with Crippen molar-refractivity contribution < 1.29 is 9.90 Å². The first kappa shape index (κ1) is 16.7. The van der Waals surface area contributed by atoms with Crippen LogP contribution >= 0.6 is 11.3 Å². The molecule has 5 nitrogen and oxygen atoms in total. The van der Waals surface area contributed by atoms with Crippen molar-refractivity contribution in [3.8, 4) is 5.75 Å². The molecule has 0 atom stereocenters. The molecule has 2 aromatic carbocycles. The molecule has 0 aliphatic heterocycles. The molecule has 0 aliphatic carbocycles. The van der Waals surface area contributed by atoms with Crippen LogP contribution in [0, 0.1) is 6.92 Å². The highest BCUT2D eigenvalue weighted by Gasteiger charge is 2.01. The number of phenolic OH excluding ortho intramolecular Hbond substituents is 1. The van der Waals surface area contributed by atoms with E-state index in [1.807, 2.05) is 31.2 Å². The van der Waals surface area contributed by atoms with Crippen LogP contribution in [0.5, 0.6) is 5.75 Å². The summed E-state index contributed by atoms with van der Waals surface area (Å²) >= 11 is 1.18. The van der Waals surface area contributed by atoms with Crippen molar-refractivity contribution in [1.29, 1.82) is 0 Å². The molecule has 0 unspecified atom stereocenters. The third kappa shape index (κ3) is 4.45. The lowest BCUT2D eigenvalue weighted by atomic mass is 10.2. The Labute approximate surface area is 147 Å². The molecule has 0 fully saturated rings. The number of carbonyl (C=O) groups is 1. The third-order valence-corrected chi connectivity index (χ3v) is 4.39. The topological polar surface area (TPSA) is 82.2 Å². The average Bonchev–Trinajstić information content (AvgIpc) is 2.89. The lowest BCUT2D eigenvalue weighted by Gasteiger charge is -2.01. The first-order valence-corrected chi connectivity index (χ1v) is 8.40. The van der Waals surface area contributed by atoms with E-state index < -0.39 is 0 Å². The molecule has 0 aliphatic rings. The van der Waals surface area contributed by atoms with Gasteiger partial charge >= 0.3 is 0 Å². The number of rotatable bonds is 3. The fourth-order valence-corrected chi connectivity index (χ4v) is 3.11. The van der Waals surface area contributed by atoms with Gasteiger partial charge in [-0.3, -0.25) is 9.59 Å². The summed E-state index contributed by atoms with van der Waals surface area (Å²) in [5, 5.41) is 12.2. The minimum atomic E-state index is -0.315. The Kier molecular flexibility index (Phi) is 4.81. The van der Waals surface area contributed by atoms with Gasteiger partial charge in [-0.05, 0) is 42.8 Å². The van der Waals surface area contributed by atoms with Gasteiger partial charge in [-0.2, -0.15) is 0 Å². The molecular weight excluding hydrogens is 336 g/mol. The van der Waals surface area contributed by atoms with Crippen molar-refractivity contribution in [1.82, 2.24) is 4.98 Å². The quantitative estimate of drug-likeness (QED) is 0.671. The summed E-state index contributed by atoms with van der Waals surface area (Å²) in [6.45, 7) is 1.97. The summed E-state index contributed by atoms with van der Waals surface area (Å²) in [7, 11) is 0. The summed E-state index contributed by atoms with van der Waals surface area (Å²) in [6.07, 6.45) is 3.02. The SMILES string of the molecule is Cc1ccc(NC(=O)C=c2[nH]c(=O)c(=Cc3cccc(O)c3)s2)cc1. The Bertz CT molecular complexity index is 1080. The van der Waals surface area contributed by atoms with Crippen LogP contribution in [-0.2, 0) is 4.79 Å². The number of aromatic hydroxyl groups is 1. The second-order valence-corrected chi connectivity index (χ2v) is 6.61. The molecule has 6 heteroatoms. The van der Waals surface area contributed by atoms with Crippen LogP contribution in [0.1, 0.15) is 11.1 Å². The van der Waals surface area contributed by atoms with Gasteiger partial charge in [-0.25, -0.2) is 0 Å². The molecule has 126 valence electrons. The third-order valence-electron chi connectivity index (χ3n) is 3.43. The summed E-state index contributed by atoms with van der Waals surface area (Å²) in [6, 6.07) is 14.1. The number of aryl methyl sites for hydroxylation is 1. The molecular formula is C19H16N2O3S. The molecule has 0 saturated heterocycles. The van der Waals surface area contributed by atoms with Gasteiger partial charge in [0.2, 0.25) is 0 Å². The van der Waals surface area contributed by atoms with Crippen LogP contribution in [0.25, 0.3) is 12.2 Å². The predicted octanol–water partition coefficient (Wildman–Crippen LogP) is 1.70. The van der Waals surface area contributed by atoms with Crippen LogP contribution in [0.15, 0.2) is 53.3 Å². The Balaban J connectivity index is 1.86. The molecule has 3 rings (SSSR count). The highest BCUT2D eigenvalue weighted by Crippen LogP contribution is 2.11. The molecule has 1 aromatic heterocycles. The fourth-order valence-electron chi connectivity index (χ4n) is 2.22. The zero-order chi connectivity index (χ0) is 17.8. The van der Waals surface area contributed by atoms with Gasteiger partial charge in [-0.1, -0.05) is 29.8 Å². The molecule has 0 spiro atoms. The molecule has 25 heavy (non-hydrogen) atoms. The number of hydrogen-bond donors (Lipinski definition) is 3. The van der Waals surface area contributed by atoms with Crippen LogP contribution in [0.2, 0.25) is 0 Å². The van der Waals surface area contributed by atoms with E-state index in [-0.39, 0.29) is 17.2 Å². The van der Waals surface area contributed by atoms with E-state index in [1.54, 1.807) is 30.3 Å². The van der Waals surface area contributed by atoms with E-state index in [1.165, 1.54) is 17.4 Å². The highest BCUT2D eigenvalue weighted by molar-refractivity contribution is 7.07. The van der Waals surface area contributed by atoms with Crippen molar-refractivity contribution in [2.24, 2.45) is 0 Å². The number of hydrogen-bond acceptors (Lipinski definition) is 4. The largest absolute Gasteiger partial charge is 0.508 e. The number of benzene rings is 2. The summed E-state index contributed by atoms with van der Waals surface area (Å²) in [5.74, 6) is -0.184. The molecule has 0 saturated carbocycles. The molecule has 1 amide bonds. The van der Waals surface area contributed by atoms with Gasteiger partial charge in [0.15, 0.2) is 0 Å². The summed E-state index contributed by atoms with van der Waals surface area (Å²) in [5.41, 5.74) is 2.24. The van der Waals surface area contributed by atoms with Crippen molar-refractivity contribution in [2.45, 2.75) is 6.92 Å². The van der Waals surface area contributed by atoms with Gasteiger partial charge in [0.05, 0.1) is 4.53 Å². The second kappa shape index (κ2) is 7.19.